The molecule has 4 heteroatoms. The molecule has 0 spiro atoms. The summed E-state index contributed by atoms with van der Waals surface area (Å²) in [4.78, 5) is 0. The molecule has 82 valence electrons. The number of benzene rings is 1. The van der Waals surface area contributed by atoms with Crippen LogP contribution in [-0.2, 0) is 0 Å². The first-order valence-electron chi connectivity index (χ1n) is 4.84. The molecule has 2 atom stereocenters. The van der Waals surface area contributed by atoms with E-state index in [1.165, 1.54) is 5.56 Å². The van der Waals surface area contributed by atoms with Crippen molar-refractivity contribution in [1.29, 1.82) is 0 Å². The minimum Gasteiger partial charge on any atom is -0.496 e. The Morgan fingerprint density at radius 2 is 1.87 bits per heavy atom. The largest absolute Gasteiger partial charge is 0.496 e. The minimum atomic E-state index is 0.281. The van der Waals surface area contributed by atoms with E-state index in [1.807, 2.05) is 12.1 Å². The lowest BCUT2D eigenvalue weighted by atomic mass is 10.1. The van der Waals surface area contributed by atoms with Crippen LogP contribution >= 0.6 is 22.6 Å². The second kappa shape index (κ2) is 4.17. The first-order chi connectivity index (χ1) is 7.17. The molecule has 0 aromatic heterocycles. The summed E-state index contributed by atoms with van der Waals surface area (Å²) >= 11 is 2.24. The summed E-state index contributed by atoms with van der Waals surface area (Å²) in [7, 11) is 3.37. The van der Waals surface area contributed by atoms with Gasteiger partial charge in [-0.3, -0.25) is 0 Å². The van der Waals surface area contributed by atoms with Crippen molar-refractivity contribution >= 4 is 22.6 Å². The maximum atomic E-state index is 5.85. The first-order valence-corrected chi connectivity index (χ1v) is 5.92. The van der Waals surface area contributed by atoms with Crippen molar-refractivity contribution in [3.05, 3.63) is 21.3 Å². The van der Waals surface area contributed by atoms with E-state index in [0.29, 0.717) is 5.92 Å². The van der Waals surface area contributed by atoms with Crippen molar-refractivity contribution in [2.75, 3.05) is 14.2 Å². The zero-order valence-electron chi connectivity index (χ0n) is 8.79. The quantitative estimate of drug-likeness (QED) is 0.868. The molecule has 1 fully saturated rings. The van der Waals surface area contributed by atoms with Gasteiger partial charge >= 0.3 is 0 Å². The van der Waals surface area contributed by atoms with Gasteiger partial charge in [0.15, 0.2) is 0 Å². The molecule has 0 amide bonds. The number of ether oxygens (including phenoxy) is 2. The van der Waals surface area contributed by atoms with Crippen molar-refractivity contribution < 1.29 is 9.47 Å². The van der Waals surface area contributed by atoms with Crippen LogP contribution < -0.4 is 15.2 Å². The summed E-state index contributed by atoms with van der Waals surface area (Å²) in [6.45, 7) is 0. The molecular formula is C11H14INO2. The molecule has 0 saturated heterocycles. The molecule has 2 N–H and O–H groups in total. The smallest absolute Gasteiger partial charge is 0.132 e. The molecule has 0 unspecified atom stereocenters. The SMILES string of the molecule is COc1cc([C@@H]2C[C@H]2N)c(OC)cc1I. The highest BCUT2D eigenvalue weighted by molar-refractivity contribution is 14.1. The Balaban J connectivity index is 2.42. The maximum Gasteiger partial charge on any atom is 0.132 e. The van der Waals surface area contributed by atoms with Gasteiger partial charge in [0.05, 0.1) is 17.8 Å². The lowest BCUT2D eigenvalue weighted by Gasteiger charge is -2.11. The van der Waals surface area contributed by atoms with E-state index in [2.05, 4.69) is 22.6 Å². The van der Waals surface area contributed by atoms with Crippen LogP contribution in [0.5, 0.6) is 11.5 Å². The van der Waals surface area contributed by atoms with Gasteiger partial charge in [0.1, 0.15) is 11.5 Å². The average molecular weight is 319 g/mol. The molecule has 0 radical (unpaired) electrons. The molecule has 0 aliphatic heterocycles. The van der Waals surface area contributed by atoms with Crippen molar-refractivity contribution in [3.8, 4) is 11.5 Å². The van der Waals surface area contributed by atoms with Gasteiger partial charge in [-0.1, -0.05) is 0 Å². The molecular weight excluding hydrogens is 305 g/mol. The topological polar surface area (TPSA) is 44.5 Å². The molecule has 0 heterocycles. The highest BCUT2D eigenvalue weighted by Gasteiger charge is 2.37. The van der Waals surface area contributed by atoms with Gasteiger partial charge in [0.2, 0.25) is 0 Å². The third kappa shape index (κ3) is 2.06. The summed E-state index contributed by atoms with van der Waals surface area (Å²) in [5, 5.41) is 0. The number of methoxy groups -OCH3 is 2. The molecule has 15 heavy (non-hydrogen) atoms. The van der Waals surface area contributed by atoms with Crippen LogP contribution in [-0.4, -0.2) is 20.3 Å². The van der Waals surface area contributed by atoms with E-state index < -0.39 is 0 Å². The van der Waals surface area contributed by atoms with Gasteiger partial charge in [-0.05, 0) is 41.1 Å². The molecule has 3 nitrogen and oxygen atoms in total. The molecule has 1 aliphatic rings. The van der Waals surface area contributed by atoms with E-state index >= 15 is 0 Å². The van der Waals surface area contributed by atoms with Crippen LogP contribution in [0.3, 0.4) is 0 Å². The summed E-state index contributed by atoms with van der Waals surface area (Å²) in [5.41, 5.74) is 7.02. The second-order valence-electron chi connectivity index (χ2n) is 3.73. The third-order valence-electron chi connectivity index (χ3n) is 2.74. The van der Waals surface area contributed by atoms with E-state index in [4.69, 9.17) is 15.2 Å². The van der Waals surface area contributed by atoms with Crippen molar-refractivity contribution in [2.45, 2.75) is 18.4 Å². The van der Waals surface area contributed by atoms with Crippen molar-refractivity contribution in [1.82, 2.24) is 0 Å². The predicted molar refractivity (Wildman–Crippen MR) is 67.6 cm³/mol. The van der Waals surface area contributed by atoms with Crippen LogP contribution in [0.25, 0.3) is 0 Å². The minimum absolute atomic E-state index is 0.281. The van der Waals surface area contributed by atoms with E-state index in [-0.39, 0.29) is 6.04 Å². The van der Waals surface area contributed by atoms with Gasteiger partial charge in [-0.25, -0.2) is 0 Å². The van der Waals surface area contributed by atoms with Crippen molar-refractivity contribution in [3.63, 3.8) is 0 Å². The van der Waals surface area contributed by atoms with Crippen LogP contribution in [0.2, 0.25) is 0 Å². The molecule has 1 aliphatic carbocycles. The fourth-order valence-electron chi connectivity index (χ4n) is 1.75. The Bertz CT molecular complexity index is 381. The molecule has 0 bridgehead atoms. The van der Waals surface area contributed by atoms with Crippen LogP contribution in [0.1, 0.15) is 17.9 Å². The third-order valence-corrected chi connectivity index (χ3v) is 3.59. The first kappa shape index (κ1) is 11.0. The predicted octanol–water partition coefficient (Wildman–Crippen LogP) is 2.12. The summed E-state index contributed by atoms with van der Waals surface area (Å²) in [5.74, 6) is 2.24. The lowest BCUT2D eigenvalue weighted by molar-refractivity contribution is 0.396. The van der Waals surface area contributed by atoms with Gasteiger partial charge in [0.25, 0.3) is 0 Å². The van der Waals surface area contributed by atoms with Gasteiger partial charge in [-0.15, -0.1) is 0 Å². The Morgan fingerprint density at radius 1 is 1.27 bits per heavy atom. The summed E-state index contributed by atoms with van der Waals surface area (Å²) in [6, 6.07) is 4.32. The van der Waals surface area contributed by atoms with Gasteiger partial charge in [0, 0.05) is 17.5 Å². The van der Waals surface area contributed by atoms with Crippen LogP contribution in [0.15, 0.2) is 12.1 Å². The zero-order valence-corrected chi connectivity index (χ0v) is 10.9. The van der Waals surface area contributed by atoms with Crippen LogP contribution in [0, 0.1) is 3.57 Å². The molecule has 2 rings (SSSR count). The monoisotopic (exact) mass is 319 g/mol. The zero-order chi connectivity index (χ0) is 11.0. The molecule has 1 saturated carbocycles. The molecule has 1 aromatic carbocycles. The summed E-state index contributed by atoms with van der Waals surface area (Å²) < 4.78 is 11.7. The fourth-order valence-corrected chi connectivity index (χ4v) is 2.40. The fraction of sp³-hybridized carbons (Fsp3) is 0.455. The second-order valence-corrected chi connectivity index (χ2v) is 4.90. The molecule has 1 aromatic rings. The number of rotatable bonds is 3. The number of hydrogen-bond acceptors (Lipinski definition) is 3. The number of nitrogens with two attached hydrogens (primary N) is 1. The van der Waals surface area contributed by atoms with E-state index in [9.17, 15) is 0 Å². The normalized spacial score (nSPS) is 23.7. The average Bonchev–Trinajstić information content (AvgIpc) is 2.95. The Kier molecular flexibility index (Phi) is 3.06. The Labute approximate surface area is 103 Å². The van der Waals surface area contributed by atoms with E-state index in [0.717, 1.165) is 21.5 Å². The number of hydrogen-bond donors (Lipinski definition) is 1. The highest BCUT2D eigenvalue weighted by atomic mass is 127. The highest BCUT2D eigenvalue weighted by Crippen LogP contribution is 2.45. The lowest BCUT2D eigenvalue weighted by Crippen LogP contribution is -2.03. The van der Waals surface area contributed by atoms with Crippen molar-refractivity contribution in [2.24, 2.45) is 5.73 Å². The van der Waals surface area contributed by atoms with Gasteiger partial charge < -0.3 is 15.2 Å². The van der Waals surface area contributed by atoms with E-state index in [1.54, 1.807) is 14.2 Å². The van der Waals surface area contributed by atoms with Crippen LogP contribution in [0.4, 0.5) is 0 Å². The van der Waals surface area contributed by atoms with Gasteiger partial charge in [-0.2, -0.15) is 0 Å². The Morgan fingerprint density at radius 3 is 2.33 bits per heavy atom. The Hall–Kier alpha value is -0.490. The summed E-state index contributed by atoms with van der Waals surface area (Å²) in [6.07, 6.45) is 1.04. The maximum absolute atomic E-state index is 5.85. The standard InChI is InChI=1S/C11H14INO2/c1-14-10-5-8(12)11(15-2)4-7(10)6-3-9(6)13/h4-6,9H,3,13H2,1-2H3/t6-,9+/m0/s1. The number of halogens is 1.